The quantitative estimate of drug-likeness (QED) is 0.764. The fourth-order valence-electron chi connectivity index (χ4n) is 1.17. The summed E-state index contributed by atoms with van der Waals surface area (Å²) in [6.07, 6.45) is 3.99. The first-order valence-electron chi connectivity index (χ1n) is 4.28. The summed E-state index contributed by atoms with van der Waals surface area (Å²) < 4.78 is 0. The second-order valence-electron chi connectivity index (χ2n) is 2.63. The number of pyridine rings is 1. The second-order valence-corrected chi connectivity index (χ2v) is 3.84. The fraction of sp³-hybridized carbons (Fsp3) is 0.333. The number of rotatable bonds is 1. The van der Waals surface area contributed by atoms with Gasteiger partial charge in [0.2, 0.25) is 6.41 Å². The third kappa shape index (κ3) is 6.17. The Labute approximate surface area is 112 Å². The number of nitrogens with two attached hydrogens (primary N) is 1. The molecule has 1 aromatic rings. The van der Waals surface area contributed by atoms with Gasteiger partial charge in [-0.3, -0.25) is 9.78 Å². The fourth-order valence-corrected chi connectivity index (χ4v) is 2.21. The second kappa shape index (κ2) is 11.0. The van der Waals surface area contributed by atoms with Crippen LogP contribution in [0.15, 0.2) is 24.5 Å². The van der Waals surface area contributed by atoms with Crippen LogP contribution in [-0.4, -0.2) is 23.7 Å². The molecule has 16 heavy (non-hydrogen) atoms. The van der Waals surface area contributed by atoms with Crippen LogP contribution in [0.1, 0.15) is 10.9 Å². The van der Waals surface area contributed by atoms with Crippen LogP contribution < -0.4 is 11.1 Å². The normalized spacial score (nSPS) is 17.1. The molecule has 92 valence electrons. The highest BCUT2D eigenvalue weighted by atomic mass is 35.5. The van der Waals surface area contributed by atoms with Crippen molar-refractivity contribution in [3.63, 3.8) is 0 Å². The zero-order valence-corrected chi connectivity index (χ0v) is 11.0. The number of aromatic nitrogens is 1. The summed E-state index contributed by atoms with van der Waals surface area (Å²) in [7, 11) is 0. The summed E-state index contributed by atoms with van der Waals surface area (Å²) in [6.45, 7) is 1.12. The van der Waals surface area contributed by atoms with Crippen LogP contribution in [0.5, 0.6) is 0 Å². The van der Waals surface area contributed by atoms with E-state index in [1.54, 1.807) is 0 Å². The van der Waals surface area contributed by atoms with Crippen molar-refractivity contribution in [2.24, 2.45) is 5.73 Å². The molecule has 0 saturated carbocycles. The Hall–Kier alpha value is -0.490. The smallest absolute Gasteiger partial charge is 0.204 e. The summed E-state index contributed by atoms with van der Waals surface area (Å²) in [5, 5.41) is 3.87. The molecular weight excluding hydrogens is 269 g/mol. The van der Waals surface area contributed by atoms with Crippen LogP contribution in [0, 0.1) is 0 Å². The molecule has 0 aliphatic carbocycles. The maximum Gasteiger partial charge on any atom is 0.204 e. The van der Waals surface area contributed by atoms with Gasteiger partial charge in [0, 0.05) is 24.7 Å². The van der Waals surface area contributed by atoms with E-state index in [-0.39, 0.29) is 31.2 Å². The van der Waals surface area contributed by atoms with Gasteiger partial charge in [0.1, 0.15) is 0 Å². The Morgan fingerprint density at radius 1 is 1.56 bits per heavy atom. The molecular formula is C9H15Cl2N3OS. The van der Waals surface area contributed by atoms with E-state index in [0.29, 0.717) is 5.37 Å². The molecule has 1 unspecified atom stereocenters. The minimum absolute atomic E-state index is 0. The van der Waals surface area contributed by atoms with Gasteiger partial charge in [-0.25, -0.2) is 0 Å². The summed E-state index contributed by atoms with van der Waals surface area (Å²) in [5.74, 6) is 1.21. The Kier molecular flexibility index (Phi) is 12.3. The van der Waals surface area contributed by atoms with E-state index in [2.05, 4.69) is 22.1 Å². The summed E-state index contributed by atoms with van der Waals surface area (Å²) >= 11 is 1.94. The number of hydrogen-bond acceptors (Lipinski definition) is 4. The van der Waals surface area contributed by atoms with Crippen molar-refractivity contribution in [1.29, 1.82) is 0 Å². The van der Waals surface area contributed by atoms with Crippen molar-refractivity contribution < 1.29 is 4.79 Å². The summed E-state index contributed by atoms with van der Waals surface area (Å²) in [5.41, 5.74) is 5.45. The molecule has 1 amide bonds. The highest BCUT2D eigenvalue weighted by Gasteiger charge is 2.15. The molecule has 1 aliphatic rings. The van der Waals surface area contributed by atoms with Gasteiger partial charge >= 0.3 is 0 Å². The number of carbonyl (C=O) groups is 1. The Morgan fingerprint density at radius 3 is 2.69 bits per heavy atom. The molecule has 7 heteroatoms. The molecule has 1 aromatic heterocycles. The van der Waals surface area contributed by atoms with Gasteiger partial charge in [0.05, 0.1) is 5.37 Å². The topological polar surface area (TPSA) is 68.0 Å². The number of primary amides is 1. The molecule has 1 fully saturated rings. The lowest BCUT2D eigenvalue weighted by Gasteiger charge is -2.07. The molecule has 0 radical (unpaired) electrons. The number of carbonyl (C=O) groups excluding carboxylic acids is 1. The van der Waals surface area contributed by atoms with E-state index in [0.717, 1.165) is 6.54 Å². The lowest BCUT2D eigenvalue weighted by atomic mass is 10.3. The maximum absolute atomic E-state index is 8.58. The summed E-state index contributed by atoms with van der Waals surface area (Å²) in [6, 6.07) is 4.10. The Balaban J connectivity index is 0. The van der Waals surface area contributed by atoms with E-state index in [9.17, 15) is 0 Å². The Bertz CT molecular complexity index is 271. The van der Waals surface area contributed by atoms with E-state index >= 15 is 0 Å². The van der Waals surface area contributed by atoms with Crippen LogP contribution >= 0.6 is 36.6 Å². The number of nitrogens with zero attached hydrogens (tertiary/aromatic N) is 1. The van der Waals surface area contributed by atoms with Crippen molar-refractivity contribution in [2.45, 2.75) is 5.37 Å². The third-order valence-corrected chi connectivity index (χ3v) is 2.92. The molecule has 1 aliphatic heterocycles. The average molecular weight is 284 g/mol. The van der Waals surface area contributed by atoms with Gasteiger partial charge in [0.15, 0.2) is 0 Å². The molecule has 4 nitrogen and oxygen atoms in total. The van der Waals surface area contributed by atoms with Crippen LogP contribution in [0.2, 0.25) is 0 Å². The third-order valence-electron chi connectivity index (χ3n) is 1.70. The first-order valence-corrected chi connectivity index (χ1v) is 5.33. The first kappa shape index (κ1) is 17.9. The number of thioether (sulfide) groups is 1. The first-order chi connectivity index (χ1) is 6.88. The molecule has 0 aromatic carbocycles. The predicted octanol–water partition coefficient (Wildman–Crippen LogP) is 1.36. The van der Waals surface area contributed by atoms with Gasteiger partial charge in [-0.1, -0.05) is 6.07 Å². The van der Waals surface area contributed by atoms with Gasteiger partial charge in [-0.05, 0) is 11.6 Å². The summed E-state index contributed by atoms with van der Waals surface area (Å²) in [4.78, 5) is 12.7. The lowest BCUT2D eigenvalue weighted by Crippen LogP contribution is -2.11. The van der Waals surface area contributed by atoms with Crippen molar-refractivity contribution in [2.75, 3.05) is 12.3 Å². The van der Waals surface area contributed by atoms with Crippen LogP contribution in [0.4, 0.5) is 0 Å². The molecule has 1 saturated heterocycles. The minimum Gasteiger partial charge on any atom is -0.372 e. The highest BCUT2D eigenvalue weighted by Crippen LogP contribution is 2.28. The SMILES string of the molecule is Cl.Cl.NC=O.c1cncc(C2NCCS2)c1. The van der Waals surface area contributed by atoms with Gasteiger partial charge < -0.3 is 11.1 Å². The molecule has 0 spiro atoms. The zero-order valence-electron chi connectivity index (χ0n) is 8.54. The van der Waals surface area contributed by atoms with Gasteiger partial charge in [-0.2, -0.15) is 0 Å². The van der Waals surface area contributed by atoms with Crippen LogP contribution in [0.3, 0.4) is 0 Å². The maximum atomic E-state index is 8.58. The van der Waals surface area contributed by atoms with Crippen LogP contribution in [-0.2, 0) is 4.79 Å². The highest BCUT2D eigenvalue weighted by molar-refractivity contribution is 7.99. The van der Waals surface area contributed by atoms with Crippen LogP contribution in [0.25, 0.3) is 0 Å². The lowest BCUT2D eigenvalue weighted by molar-refractivity contribution is -0.106. The van der Waals surface area contributed by atoms with E-state index in [1.807, 2.05) is 30.2 Å². The molecule has 3 N–H and O–H groups in total. The van der Waals surface area contributed by atoms with Crippen molar-refractivity contribution >= 4 is 43.0 Å². The minimum atomic E-state index is 0. The molecule has 1 atom stereocenters. The number of halogens is 2. The average Bonchev–Trinajstić information content (AvgIpc) is 2.73. The number of amides is 1. The molecule has 2 heterocycles. The van der Waals surface area contributed by atoms with Crippen molar-refractivity contribution in [3.05, 3.63) is 30.1 Å². The predicted molar refractivity (Wildman–Crippen MR) is 72.2 cm³/mol. The molecule has 2 rings (SSSR count). The van der Waals surface area contributed by atoms with E-state index in [1.165, 1.54) is 11.3 Å². The zero-order chi connectivity index (χ0) is 10.2. The number of nitrogens with one attached hydrogen (secondary N) is 1. The van der Waals surface area contributed by atoms with Gasteiger partial charge in [-0.15, -0.1) is 36.6 Å². The monoisotopic (exact) mass is 283 g/mol. The van der Waals surface area contributed by atoms with E-state index < -0.39 is 0 Å². The van der Waals surface area contributed by atoms with Crippen molar-refractivity contribution in [3.8, 4) is 0 Å². The molecule has 0 bridgehead atoms. The van der Waals surface area contributed by atoms with Crippen molar-refractivity contribution in [1.82, 2.24) is 10.3 Å². The van der Waals surface area contributed by atoms with E-state index in [4.69, 9.17) is 4.79 Å². The largest absolute Gasteiger partial charge is 0.372 e. The number of hydrogen-bond donors (Lipinski definition) is 2. The standard InChI is InChI=1S/C8H10N2S.CH3NO.2ClH/c1-2-7(6-9-3-1)8-10-4-5-11-8;2-1-3;;/h1-3,6,8,10H,4-5H2;1H,(H2,2,3);2*1H. The Morgan fingerprint density at radius 2 is 2.25 bits per heavy atom. The van der Waals surface area contributed by atoms with Gasteiger partial charge in [0.25, 0.3) is 0 Å².